The maximum Gasteiger partial charge on any atom is 0.330 e. The SMILES string of the molecule is COc1ccc(CN(C)C(=O)C=Cc2cn(C)c(=O)n(C)c2=O)cc1OC. The van der Waals surface area contributed by atoms with Crippen LogP contribution in [-0.4, -0.2) is 41.2 Å². The van der Waals surface area contributed by atoms with Crippen molar-refractivity contribution in [3.63, 3.8) is 0 Å². The molecule has 8 nitrogen and oxygen atoms in total. The minimum Gasteiger partial charge on any atom is -0.493 e. The second-order valence-electron chi connectivity index (χ2n) is 6.06. The number of benzene rings is 1. The van der Waals surface area contributed by atoms with E-state index in [1.54, 1.807) is 40.4 Å². The molecule has 0 aliphatic rings. The van der Waals surface area contributed by atoms with Crippen molar-refractivity contribution < 1.29 is 14.3 Å². The van der Waals surface area contributed by atoms with Crippen LogP contribution in [-0.2, 0) is 25.4 Å². The van der Waals surface area contributed by atoms with Gasteiger partial charge in [0.25, 0.3) is 5.56 Å². The molecule has 2 rings (SSSR count). The van der Waals surface area contributed by atoms with Crippen LogP contribution in [0.15, 0.2) is 40.1 Å². The highest BCUT2D eigenvalue weighted by Crippen LogP contribution is 2.27. The number of carbonyl (C=O) groups excluding carboxylic acids is 1. The van der Waals surface area contributed by atoms with Gasteiger partial charge in [-0.25, -0.2) is 4.79 Å². The molecule has 144 valence electrons. The second kappa shape index (κ2) is 8.39. The summed E-state index contributed by atoms with van der Waals surface area (Å²) in [6.07, 6.45) is 4.12. The number of carbonyl (C=O) groups is 1. The Labute approximate surface area is 156 Å². The molecule has 0 aliphatic heterocycles. The van der Waals surface area contributed by atoms with Gasteiger partial charge >= 0.3 is 5.69 Å². The number of amides is 1. The van der Waals surface area contributed by atoms with E-state index in [-0.39, 0.29) is 11.5 Å². The number of rotatable bonds is 6. The summed E-state index contributed by atoms with van der Waals surface area (Å²) < 4.78 is 12.7. The third-order valence-corrected chi connectivity index (χ3v) is 4.12. The molecular weight excluding hydrogens is 350 g/mol. The van der Waals surface area contributed by atoms with Crippen molar-refractivity contribution in [3.05, 3.63) is 62.4 Å². The fraction of sp³-hybridized carbons (Fsp3) is 0.316. The standard InChI is InChI=1S/C19H23N3O5/c1-20(11-13-6-8-15(26-4)16(10-13)27-5)17(23)9-7-14-12-21(2)19(25)22(3)18(14)24/h6-10,12H,11H2,1-5H3. The van der Waals surface area contributed by atoms with Gasteiger partial charge in [0.2, 0.25) is 5.91 Å². The molecule has 1 heterocycles. The summed E-state index contributed by atoms with van der Waals surface area (Å²) in [5.74, 6) is 0.918. The summed E-state index contributed by atoms with van der Waals surface area (Å²) in [7, 11) is 7.70. The fourth-order valence-corrected chi connectivity index (χ4v) is 2.57. The molecule has 0 radical (unpaired) electrons. The van der Waals surface area contributed by atoms with Gasteiger partial charge in [-0.1, -0.05) is 6.07 Å². The molecule has 0 fully saturated rings. The van der Waals surface area contributed by atoms with Crippen molar-refractivity contribution >= 4 is 12.0 Å². The average molecular weight is 373 g/mol. The van der Waals surface area contributed by atoms with E-state index < -0.39 is 11.2 Å². The molecule has 1 aromatic heterocycles. The first kappa shape index (κ1) is 20.0. The van der Waals surface area contributed by atoms with E-state index in [9.17, 15) is 14.4 Å². The highest BCUT2D eigenvalue weighted by atomic mass is 16.5. The largest absolute Gasteiger partial charge is 0.493 e. The van der Waals surface area contributed by atoms with Crippen LogP contribution in [0.2, 0.25) is 0 Å². The zero-order valence-electron chi connectivity index (χ0n) is 16.1. The molecule has 1 amide bonds. The Kier molecular flexibility index (Phi) is 6.23. The molecule has 0 atom stereocenters. The lowest BCUT2D eigenvalue weighted by Gasteiger charge is -2.16. The predicted octanol–water partition coefficient (Wildman–Crippen LogP) is 0.773. The molecule has 0 saturated carbocycles. The van der Waals surface area contributed by atoms with E-state index in [0.29, 0.717) is 18.0 Å². The van der Waals surface area contributed by atoms with Gasteiger partial charge in [-0.15, -0.1) is 0 Å². The van der Waals surface area contributed by atoms with Crippen LogP contribution in [0, 0.1) is 0 Å². The van der Waals surface area contributed by atoms with Gasteiger partial charge in [0, 0.05) is 40.0 Å². The Hall–Kier alpha value is -3.29. The van der Waals surface area contributed by atoms with Crippen molar-refractivity contribution in [2.75, 3.05) is 21.3 Å². The van der Waals surface area contributed by atoms with Gasteiger partial charge in [-0.3, -0.25) is 14.2 Å². The first-order valence-corrected chi connectivity index (χ1v) is 8.19. The first-order chi connectivity index (χ1) is 12.8. The van der Waals surface area contributed by atoms with Crippen LogP contribution in [0.25, 0.3) is 6.08 Å². The van der Waals surface area contributed by atoms with Gasteiger partial charge in [0.1, 0.15) is 0 Å². The number of likely N-dealkylation sites (N-methyl/N-ethyl adjacent to an activating group) is 1. The van der Waals surface area contributed by atoms with Crippen LogP contribution in [0.4, 0.5) is 0 Å². The van der Waals surface area contributed by atoms with Crippen molar-refractivity contribution in [3.8, 4) is 11.5 Å². The summed E-state index contributed by atoms with van der Waals surface area (Å²) in [6, 6.07) is 5.42. The Morgan fingerprint density at radius 2 is 1.81 bits per heavy atom. The minimum absolute atomic E-state index is 0.257. The fourth-order valence-electron chi connectivity index (χ4n) is 2.57. The normalized spacial score (nSPS) is 10.9. The lowest BCUT2D eigenvalue weighted by atomic mass is 10.2. The van der Waals surface area contributed by atoms with E-state index in [1.807, 2.05) is 6.07 Å². The number of aromatic nitrogens is 2. The van der Waals surface area contributed by atoms with E-state index in [1.165, 1.54) is 34.9 Å². The van der Waals surface area contributed by atoms with Gasteiger partial charge < -0.3 is 18.9 Å². The highest BCUT2D eigenvalue weighted by molar-refractivity contribution is 5.91. The summed E-state index contributed by atoms with van der Waals surface area (Å²) >= 11 is 0. The van der Waals surface area contributed by atoms with Crippen LogP contribution >= 0.6 is 0 Å². The van der Waals surface area contributed by atoms with Crippen molar-refractivity contribution in [2.24, 2.45) is 14.1 Å². The predicted molar refractivity (Wildman–Crippen MR) is 102 cm³/mol. The summed E-state index contributed by atoms with van der Waals surface area (Å²) in [5.41, 5.74) is 0.251. The van der Waals surface area contributed by atoms with Crippen LogP contribution in [0.5, 0.6) is 11.5 Å². The first-order valence-electron chi connectivity index (χ1n) is 8.19. The van der Waals surface area contributed by atoms with E-state index in [2.05, 4.69) is 0 Å². The third-order valence-electron chi connectivity index (χ3n) is 4.12. The molecule has 0 spiro atoms. The molecule has 2 aromatic rings. The number of hydrogen-bond donors (Lipinski definition) is 0. The van der Waals surface area contributed by atoms with E-state index in [4.69, 9.17) is 9.47 Å². The Bertz CT molecular complexity index is 988. The van der Waals surface area contributed by atoms with Crippen molar-refractivity contribution in [2.45, 2.75) is 6.54 Å². The molecule has 8 heteroatoms. The minimum atomic E-state index is -0.454. The highest BCUT2D eigenvalue weighted by Gasteiger charge is 2.10. The molecule has 27 heavy (non-hydrogen) atoms. The third kappa shape index (κ3) is 4.46. The van der Waals surface area contributed by atoms with Gasteiger partial charge in [-0.2, -0.15) is 0 Å². The second-order valence-corrected chi connectivity index (χ2v) is 6.06. The van der Waals surface area contributed by atoms with Crippen LogP contribution in [0.1, 0.15) is 11.1 Å². The number of hydrogen-bond acceptors (Lipinski definition) is 5. The number of ether oxygens (including phenoxy) is 2. The lowest BCUT2D eigenvalue weighted by molar-refractivity contribution is -0.125. The molecule has 0 unspecified atom stereocenters. The Balaban J connectivity index is 2.16. The summed E-state index contributed by atoms with van der Waals surface area (Å²) in [6.45, 7) is 0.356. The molecule has 1 aromatic carbocycles. The summed E-state index contributed by atoms with van der Waals surface area (Å²) in [5, 5.41) is 0. The number of methoxy groups -OCH3 is 2. The quantitative estimate of drug-likeness (QED) is 0.699. The Morgan fingerprint density at radius 1 is 1.15 bits per heavy atom. The zero-order chi connectivity index (χ0) is 20.1. The van der Waals surface area contributed by atoms with Gasteiger partial charge in [0.05, 0.1) is 19.8 Å². The maximum atomic E-state index is 12.4. The van der Waals surface area contributed by atoms with Gasteiger partial charge in [-0.05, 0) is 23.8 Å². The molecule has 0 aliphatic carbocycles. The Morgan fingerprint density at radius 3 is 2.44 bits per heavy atom. The molecular formula is C19H23N3O5. The number of nitrogens with zero attached hydrogens (tertiary/aromatic N) is 3. The number of aryl methyl sites for hydroxylation is 1. The summed E-state index contributed by atoms with van der Waals surface area (Å²) in [4.78, 5) is 37.6. The van der Waals surface area contributed by atoms with E-state index in [0.717, 1.165) is 10.1 Å². The topological polar surface area (TPSA) is 82.8 Å². The lowest BCUT2D eigenvalue weighted by Crippen LogP contribution is -2.37. The van der Waals surface area contributed by atoms with Crippen molar-refractivity contribution in [1.82, 2.24) is 14.0 Å². The van der Waals surface area contributed by atoms with Gasteiger partial charge in [0.15, 0.2) is 11.5 Å². The molecule has 0 N–H and O–H groups in total. The molecule has 0 bridgehead atoms. The average Bonchev–Trinajstić information content (AvgIpc) is 2.67. The monoisotopic (exact) mass is 373 g/mol. The van der Waals surface area contributed by atoms with Crippen LogP contribution in [0.3, 0.4) is 0 Å². The van der Waals surface area contributed by atoms with Crippen LogP contribution < -0.4 is 20.7 Å². The maximum absolute atomic E-state index is 12.4. The smallest absolute Gasteiger partial charge is 0.330 e. The molecule has 0 saturated heterocycles. The zero-order valence-corrected chi connectivity index (χ0v) is 16.1. The van der Waals surface area contributed by atoms with E-state index >= 15 is 0 Å². The van der Waals surface area contributed by atoms with Crippen molar-refractivity contribution in [1.29, 1.82) is 0 Å².